The second-order valence-electron chi connectivity index (χ2n) is 5.57. The number of carbonyl (C=O) groups is 2. The maximum Gasteiger partial charge on any atom is 0.258 e. The van der Waals surface area contributed by atoms with Crippen LogP contribution in [-0.2, 0) is 16.0 Å². The van der Waals surface area contributed by atoms with Crippen molar-refractivity contribution in [3.63, 3.8) is 0 Å². The summed E-state index contributed by atoms with van der Waals surface area (Å²) in [7, 11) is 1.86. The molecule has 0 saturated heterocycles. The molecule has 0 aliphatic heterocycles. The Labute approximate surface area is 152 Å². The highest BCUT2D eigenvalue weighted by molar-refractivity contribution is 5.93. The van der Waals surface area contributed by atoms with E-state index >= 15 is 0 Å². The Balaban J connectivity index is 0.00000312. The van der Waals surface area contributed by atoms with Gasteiger partial charge in [0, 0.05) is 43.2 Å². The molecule has 1 heterocycles. The van der Waals surface area contributed by atoms with Crippen molar-refractivity contribution in [3.8, 4) is 11.5 Å². The molecule has 0 fully saturated rings. The van der Waals surface area contributed by atoms with Crippen LogP contribution in [0.3, 0.4) is 0 Å². The third-order valence-corrected chi connectivity index (χ3v) is 3.27. The molecule has 9 heteroatoms. The molecule has 8 nitrogen and oxygen atoms in total. The summed E-state index contributed by atoms with van der Waals surface area (Å²) in [4.78, 5) is 27.0. The van der Waals surface area contributed by atoms with E-state index in [9.17, 15) is 9.59 Å². The first-order chi connectivity index (χ1) is 11.4. The van der Waals surface area contributed by atoms with Gasteiger partial charge in [0.15, 0.2) is 5.82 Å². The quantitative estimate of drug-likeness (QED) is 0.722. The van der Waals surface area contributed by atoms with Crippen LogP contribution in [0.4, 0.5) is 11.4 Å². The van der Waals surface area contributed by atoms with Crippen LogP contribution < -0.4 is 16.0 Å². The number of aromatic nitrogens is 2. The number of benzene rings is 1. The molecule has 2 amide bonds. The molecular formula is C16H22ClN5O3. The van der Waals surface area contributed by atoms with E-state index in [1.54, 1.807) is 18.2 Å². The van der Waals surface area contributed by atoms with Gasteiger partial charge >= 0.3 is 0 Å². The van der Waals surface area contributed by atoms with E-state index < -0.39 is 0 Å². The van der Waals surface area contributed by atoms with Gasteiger partial charge in [-0.3, -0.25) is 9.59 Å². The average molecular weight is 368 g/mol. The first kappa shape index (κ1) is 20.6. The second-order valence-corrected chi connectivity index (χ2v) is 5.57. The van der Waals surface area contributed by atoms with Gasteiger partial charge in [0.2, 0.25) is 11.8 Å². The zero-order chi connectivity index (χ0) is 17.7. The van der Waals surface area contributed by atoms with Crippen LogP contribution in [0.15, 0.2) is 22.7 Å². The fourth-order valence-electron chi connectivity index (χ4n) is 2.13. The number of halogens is 1. The standard InChI is InChI=1S/C16H21N5O3.ClH/c1-9(17-4)5-15-20-16(24-21-15)12-6-13(18-10(2)22)8-14(7-12)19-11(3)23;/h6-9,17H,5H2,1-4H3,(H,18,22)(H,19,23);1H. The van der Waals surface area contributed by atoms with Gasteiger partial charge < -0.3 is 20.5 Å². The second kappa shape index (κ2) is 9.14. The van der Waals surface area contributed by atoms with Crippen LogP contribution >= 0.6 is 12.4 Å². The minimum absolute atomic E-state index is 0. The molecule has 0 aliphatic carbocycles. The largest absolute Gasteiger partial charge is 0.334 e. The van der Waals surface area contributed by atoms with E-state index in [4.69, 9.17) is 4.52 Å². The van der Waals surface area contributed by atoms with Crippen molar-refractivity contribution >= 4 is 35.6 Å². The summed E-state index contributed by atoms with van der Waals surface area (Å²) in [6.45, 7) is 4.84. The topological polar surface area (TPSA) is 109 Å². The summed E-state index contributed by atoms with van der Waals surface area (Å²) < 4.78 is 5.30. The number of hydrogen-bond donors (Lipinski definition) is 3. The summed E-state index contributed by atoms with van der Waals surface area (Å²) >= 11 is 0. The van der Waals surface area contributed by atoms with Crippen LogP contribution in [-0.4, -0.2) is 35.0 Å². The van der Waals surface area contributed by atoms with Crippen LogP contribution in [0.1, 0.15) is 26.6 Å². The zero-order valence-corrected chi connectivity index (χ0v) is 15.4. The minimum atomic E-state index is -0.213. The van der Waals surface area contributed by atoms with Crippen molar-refractivity contribution in [3.05, 3.63) is 24.0 Å². The smallest absolute Gasteiger partial charge is 0.258 e. The molecule has 2 rings (SSSR count). The Hall–Kier alpha value is -2.45. The van der Waals surface area contributed by atoms with Gasteiger partial charge in [0.05, 0.1) is 0 Å². The molecule has 0 aliphatic rings. The molecule has 136 valence electrons. The van der Waals surface area contributed by atoms with Gasteiger partial charge in [-0.2, -0.15) is 4.98 Å². The number of rotatable bonds is 6. The number of hydrogen-bond acceptors (Lipinski definition) is 6. The minimum Gasteiger partial charge on any atom is -0.334 e. The van der Waals surface area contributed by atoms with Gasteiger partial charge in [-0.05, 0) is 32.2 Å². The number of likely N-dealkylation sites (N-methyl/N-ethyl adjacent to an activating group) is 1. The molecule has 3 N–H and O–H groups in total. The van der Waals surface area contributed by atoms with E-state index in [1.165, 1.54) is 13.8 Å². The summed E-state index contributed by atoms with van der Waals surface area (Å²) in [5.74, 6) is 0.481. The van der Waals surface area contributed by atoms with Crippen molar-refractivity contribution in [1.29, 1.82) is 0 Å². The van der Waals surface area contributed by atoms with E-state index in [2.05, 4.69) is 26.1 Å². The first-order valence-corrected chi connectivity index (χ1v) is 7.58. The molecule has 1 aromatic heterocycles. The molecule has 1 atom stereocenters. The molecule has 0 spiro atoms. The SMILES string of the molecule is CNC(C)Cc1noc(-c2cc(NC(C)=O)cc(NC(C)=O)c2)n1.Cl. The molecule has 0 bridgehead atoms. The molecule has 1 aromatic carbocycles. The van der Waals surface area contributed by atoms with Crippen molar-refractivity contribution in [2.24, 2.45) is 0 Å². The van der Waals surface area contributed by atoms with Crippen LogP contribution in [0, 0.1) is 0 Å². The van der Waals surface area contributed by atoms with Crippen molar-refractivity contribution in [2.45, 2.75) is 33.2 Å². The fraction of sp³-hybridized carbons (Fsp3) is 0.375. The van der Waals surface area contributed by atoms with Gasteiger partial charge in [-0.25, -0.2) is 0 Å². The Morgan fingerprint density at radius 3 is 2.16 bits per heavy atom. The van der Waals surface area contributed by atoms with Gasteiger partial charge in [0.25, 0.3) is 5.89 Å². The zero-order valence-electron chi connectivity index (χ0n) is 14.5. The number of amides is 2. The van der Waals surface area contributed by atoms with E-state index in [0.29, 0.717) is 35.1 Å². The summed E-state index contributed by atoms with van der Waals surface area (Å²) in [5.41, 5.74) is 1.68. The molecule has 1 unspecified atom stereocenters. The van der Waals surface area contributed by atoms with Gasteiger partial charge in [0.1, 0.15) is 0 Å². The molecule has 25 heavy (non-hydrogen) atoms. The normalized spacial score (nSPS) is 11.4. The lowest BCUT2D eigenvalue weighted by Gasteiger charge is -2.08. The van der Waals surface area contributed by atoms with E-state index in [1.807, 2.05) is 14.0 Å². The number of nitrogens with one attached hydrogen (secondary N) is 3. The summed E-state index contributed by atoms with van der Waals surface area (Å²) in [6.07, 6.45) is 0.629. The Kier molecular flexibility index (Phi) is 7.53. The predicted molar refractivity (Wildman–Crippen MR) is 97.8 cm³/mol. The van der Waals surface area contributed by atoms with E-state index in [-0.39, 0.29) is 30.3 Å². The first-order valence-electron chi connectivity index (χ1n) is 7.58. The van der Waals surface area contributed by atoms with Crippen LogP contribution in [0.25, 0.3) is 11.5 Å². The predicted octanol–water partition coefficient (Wildman–Crippen LogP) is 2.23. The molecule has 2 aromatic rings. The maximum atomic E-state index is 11.3. The fourth-order valence-corrected chi connectivity index (χ4v) is 2.13. The number of anilines is 2. The van der Waals surface area contributed by atoms with Crippen molar-refractivity contribution in [1.82, 2.24) is 15.5 Å². The summed E-state index contributed by atoms with van der Waals surface area (Å²) in [5, 5.41) is 12.4. The van der Waals surface area contributed by atoms with Gasteiger partial charge in [-0.1, -0.05) is 5.16 Å². The third kappa shape index (κ3) is 6.17. The lowest BCUT2D eigenvalue weighted by atomic mass is 10.1. The Morgan fingerprint density at radius 2 is 1.68 bits per heavy atom. The summed E-state index contributed by atoms with van der Waals surface area (Å²) in [6, 6.07) is 5.31. The number of carbonyl (C=O) groups excluding carboxylic acids is 2. The Morgan fingerprint density at radius 1 is 1.12 bits per heavy atom. The molecular weight excluding hydrogens is 346 g/mol. The monoisotopic (exact) mass is 367 g/mol. The molecule has 0 saturated carbocycles. The number of nitrogens with zero attached hydrogens (tertiary/aromatic N) is 2. The van der Waals surface area contributed by atoms with Crippen molar-refractivity contribution < 1.29 is 14.1 Å². The van der Waals surface area contributed by atoms with E-state index in [0.717, 1.165) is 0 Å². The molecule has 0 radical (unpaired) electrons. The van der Waals surface area contributed by atoms with Crippen LogP contribution in [0.2, 0.25) is 0 Å². The third-order valence-electron chi connectivity index (χ3n) is 3.27. The highest BCUT2D eigenvalue weighted by Gasteiger charge is 2.13. The van der Waals surface area contributed by atoms with Crippen molar-refractivity contribution in [2.75, 3.05) is 17.7 Å². The highest BCUT2D eigenvalue weighted by Crippen LogP contribution is 2.26. The van der Waals surface area contributed by atoms with Crippen LogP contribution in [0.5, 0.6) is 0 Å². The lowest BCUT2D eigenvalue weighted by Crippen LogP contribution is -2.24. The van der Waals surface area contributed by atoms with Gasteiger partial charge in [-0.15, -0.1) is 12.4 Å². The Bertz CT molecular complexity index is 713. The highest BCUT2D eigenvalue weighted by atomic mass is 35.5. The maximum absolute atomic E-state index is 11.3. The lowest BCUT2D eigenvalue weighted by molar-refractivity contribution is -0.115. The average Bonchev–Trinajstić information content (AvgIpc) is 2.94.